The van der Waals surface area contributed by atoms with Crippen molar-refractivity contribution < 1.29 is 4.74 Å². The summed E-state index contributed by atoms with van der Waals surface area (Å²) in [5, 5.41) is 0. The minimum Gasteiger partial charge on any atom is -0.493 e. The molecule has 0 radical (unpaired) electrons. The molecular formula is C19H32OS. The highest BCUT2D eigenvalue weighted by atomic mass is 32.1. The van der Waals surface area contributed by atoms with Crippen molar-refractivity contribution in [3.8, 4) is 5.75 Å². The third kappa shape index (κ3) is 6.34. The number of hydrogen-bond acceptors (Lipinski definition) is 2. The Morgan fingerprint density at radius 1 is 0.905 bits per heavy atom. The molecule has 0 bridgehead atoms. The van der Waals surface area contributed by atoms with Crippen molar-refractivity contribution >= 4 is 12.6 Å². The van der Waals surface area contributed by atoms with E-state index in [1.165, 1.54) is 5.56 Å². The minimum absolute atomic E-state index is 0.104. The molecule has 0 spiro atoms. The molecule has 0 aliphatic heterocycles. The van der Waals surface area contributed by atoms with Gasteiger partial charge in [-0.1, -0.05) is 60.6 Å². The van der Waals surface area contributed by atoms with E-state index < -0.39 is 0 Å². The van der Waals surface area contributed by atoms with E-state index >= 15 is 0 Å². The van der Waals surface area contributed by atoms with Gasteiger partial charge in [-0.2, -0.15) is 12.6 Å². The first-order valence-electron chi connectivity index (χ1n) is 7.79. The van der Waals surface area contributed by atoms with E-state index in [1.807, 2.05) is 0 Å². The molecule has 0 amide bonds. The molecule has 0 aliphatic rings. The van der Waals surface area contributed by atoms with E-state index in [4.69, 9.17) is 4.74 Å². The molecule has 1 rings (SSSR count). The molecule has 0 aliphatic carbocycles. The van der Waals surface area contributed by atoms with Crippen LogP contribution in [0.5, 0.6) is 5.75 Å². The van der Waals surface area contributed by atoms with Crippen LogP contribution in [-0.2, 0) is 5.41 Å². The van der Waals surface area contributed by atoms with Crippen LogP contribution in [0, 0.1) is 10.8 Å². The summed E-state index contributed by atoms with van der Waals surface area (Å²) in [5.74, 6) is 1.77. The zero-order valence-corrected chi connectivity index (χ0v) is 15.7. The van der Waals surface area contributed by atoms with Gasteiger partial charge >= 0.3 is 0 Å². The van der Waals surface area contributed by atoms with Gasteiger partial charge in [0.05, 0.1) is 6.61 Å². The van der Waals surface area contributed by atoms with Crippen LogP contribution >= 0.6 is 12.6 Å². The zero-order chi connectivity index (χ0) is 16.3. The van der Waals surface area contributed by atoms with Gasteiger partial charge in [0, 0.05) is 5.41 Å². The van der Waals surface area contributed by atoms with Crippen LogP contribution in [0.4, 0.5) is 0 Å². The Morgan fingerprint density at radius 3 is 1.86 bits per heavy atom. The van der Waals surface area contributed by atoms with Crippen LogP contribution in [0.15, 0.2) is 24.3 Å². The van der Waals surface area contributed by atoms with Crippen LogP contribution in [0.3, 0.4) is 0 Å². The summed E-state index contributed by atoms with van der Waals surface area (Å²) in [4.78, 5) is 0. The second kappa shape index (κ2) is 6.64. The monoisotopic (exact) mass is 308 g/mol. The SMILES string of the molecule is CC(C)(C)CC(C)(C)c1ccc(OCC(C)(C)CS)cc1. The second-order valence-electron chi connectivity index (χ2n) is 8.76. The third-order valence-corrected chi connectivity index (χ3v) is 4.52. The fourth-order valence-electron chi connectivity index (χ4n) is 2.75. The first kappa shape index (κ1) is 18.4. The minimum atomic E-state index is 0.104. The summed E-state index contributed by atoms with van der Waals surface area (Å²) in [7, 11) is 0. The van der Waals surface area contributed by atoms with Gasteiger partial charge in [0.1, 0.15) is 5.75 Å². The van der Waals surface area contributed by atoms with Gasteiger partial charge in [-0.05, 0) is 40.7 Å². The highest BCUT2D eigenvalue weighted by Gasteiger charge is 2.27. The van der Waals surface area contributed by atoms with Gasteiger partial charge in [-0.25, -0.2) is 0 Å². The molecule has 120 valence electrons. The molecule has 0 saturated heterocycles. The predicted octanol–water partition coefficient (Wildman–Crippen LogP) is 5.74. The normalized spacial score (nSPS) is 13.3. The summed E-state index contributed by atoms with van der Waals surface area (Å²) in [6.45, 7) is 16.6. The molecule has 0 saturated carbocycles. The molecule has 0 unspecified atom stereocenters. The zero-order valence-electron chi connectivity index (χ0n) is 14.8. The Balaban J connectivity index is 2.74. The van der Waals surface area contributed by atoms with Gasteiger partial charge in [0.25, 0.3) is 0 Å². The number of hydrogen-bond donors (Lipinski definition) is 1. The fourth-order valence-corrected chi connectivity index (χ4v) is 2.85. The molecule has 2 heteroatoms. The lowest BCUT2D eigenvalue weighted by Crippen LogP contribution is -2.25. The summed E-state index contributed by atoms with van der Waals surface area (Å²) in [6.07, 6.45) is 1.16. The van der Waals surface area contributed by atoms with Crippen molar-refractivity contribution in [2.75, 3.05) is 12.4 Å². The van der Waals surface area contributed by atoms with Crippen LogP contribution in [0.2, 0.25) is 0 Å². The van der Waals surface area contributed by atoms with Crippen LogP contribution in [0.25, 0.3) is 0 Å². The summed E-state index contributed by atoms with van der Waals surface area (Å²) in [6, 6.07) is 8.59. The first-order chi connectivity index (χ1) is 9.45. The average molecular weight is 309 g/mol. The molecule has 1 nitrogen and oxygen atoms in total. The van der Waals surface area contributed by atoms with Crippen LogP contribution in [0.1, 0.15) is 60.5 Å². The quantitative estimate of drug-likeness (QED) is 0.660. The lowest BCUT2D eigenvalue weighted by atomic mass is 9.72. The Morgan fingerprint density at radius 2 is 1.43 bits per heavy atom. The molecule has 1 aromatic carbocycles. The topological polar surface area (TPSA) is 9.23 Å². The summed E-state index contributed by atoms with van der Waals surface area (Å²) >= 11 is 4.36. The summed E-state index contributed by atoms with van der Waals surface area (Å²) < 4.78 is 5.88. The van der Waals surface area contributed by atoms with E-state index in [0.29, 0.717) is 12.0 Å². The second-order valence-corrected chi connectivity index (χ2v) is 9.07. The largest absolute Gasteiger partial charge is 0.493 e. The van der Waals surface area contributed by atoms with Gasteiger partial charge < -0.3 is 4.74 Å². The van der Waals surface area contributed by atoms with Crippen LogP contribution < -0.4 is 4.74 Å². The maximum absolute atomic E-state index is 5.88. The molecule has 1 aromatic rings. The van der Waals surface area contributed by atoms with E-state index in [0.717, 1.165) is 17.9 Å². The number of thiol groups is 1. The van der Waals surface area contributed by atoms with E-state index in [9.17, 15) is 0 Å². The van der Waals surface area contributed by atoms with Gasteiger partial charge in [-0.3, -0.25) is 0 Å². The Bertz CT molecular complexity index is 438. The first-order valence-corrected chi connectivity index (χ1v) is 8.43. The molecular weight excluding hydrogens is 276 g/mol. The van der Waals surface area contributed by atoms with Crippen LogP contribution in [-0.4, -0.2) is 12.4 Å². The molecule has 21 heavy (non-hydrogen) atoms. The Kier molecular flexibility index (Phi) is 5.83. The molecule has 0 aromatic heterocycles. The molecule has 0 N–H and O–H groups in total. The number of benzene rings is 1. The summed E-state index contributed by atoms with van der Waals surface area (Å²) in [5.41, 5.74) is 1.99. The number of rotatable bonds is 6. The standard InChI is InChI=1S/C19H32OS/c1-17(2,3)12-19(6,7)15-8-10-16(11-9-15)20-13-18(4,5)14-21/h8-11,21H,12-14H2,1-7H3. The molecule has 0 fully saturated rings. The van der Waals surface area contributed by atoms with E-state index in [-0.39, 0.29) is 10.8 Å². The highest BCUT2D eigenvalue weighted by molar-refractivity contribution is 7.80. The van der Waals surface area contributed by atoms with Gasteiger partial charge in [0.2, 0.25) is 0 Å². The average Bonchev–Trinajstić information content (AvgIpc) is 2.34. The Hall–Kier alpha value is -0.630. The number of ether oxygens (including phenoxy) is 1. The van der Waals surface area contributed by atoms with Crippen molar-refractivity contribution in [3.05, 3.63) is 29.8 Å². The lowest BCUT2D eigenvalue weighted by molar-refractivity contribution is 0.202. The van der Waals surface area contributed by atoms with Crippen molar-refractivity contribution in [1.29, 1.82) is 0 Å². The van der Waals surface area contributed by atoms with Crippen molar-refractivity contribution in [3.63, 3.8) is 0 Å². The third-order valence-electron chi connectivity index (χ3n) is 3.67. The van der Waals surface area contributed by atoms with E-state index in [2.05, 4.69) is 85.4 Å². The van der Waals surface area contributed by atoms with Gasteiger partial charge in [0.15, 0.2) is 0 Å². The molecule has 0 atom stereocenters. The van der Waals surface area contributed by atoms with Crippen molar-refractivity contribution in [2.24, 2.45) is 10.8 Å². The van der Waals surface area contributed by atoms with Crippen molar-refractivity contribution in [2.45, 2.75) is 60.3 Å². The maximum atomic E-state index is 5.88. The predicted molar refractivity (Wildman–Crippen MR) is 96.7 cm³/mol. The molecule has 0 heterocycles. The lowest BCUT2D eigenvalue weighted by Gasteiger charge is -2.33. The van der Waals surface area contributed by atoms with Gasteiger partial charge in [-0.15, -0.1) is 0 Å². The fraction of sp³-hybridized carbons (Fsp3) is 0.684. The highest BCUT2D eigenvalue weighted by Crippen LogP contribution is 2.36. The Labute approximate surface area is 136 Å². The van der Waals surface area contributed by atoms with Crippen molar-refractivity contribution in [1.82, 2.24) is 0 Å². The maximum Gasteiger partial charge on any atom is 0.119 e. The van der Waals surface area contributed by atoms with E-state index in [1.54, 1.807) is 0 Å². The smallest absolute Gasteiger partial charge is 0.119 e.